The largest absolute Gasteiger partial charge is 0.493 e. The Labute approximate surface area is 121 Å². The summed E-state index contributed by atoms with van der Waals surface area (Å²) in [4.78, 5) is 10.8. The van der Waals surface area contributed by atoms with E-state index in [0.717, 1.165) is 0 Å². The summed E-state index contributed by atoms with van der Waals surface area (Å²) in [6.45, 7) is -0.000671. The van der Waals surface area contributed by atoms with Crippen LogP contribution in [0, 0.1) is 17.1 Å². The van der Waals surface area contributed by atoms with Gasteiger partial charge in [-0.15, -0.1) is 0 Å². The third-order valence-corrected chi connectivity index (χ3v) is 2.89. The van der Waals surface area contributed by atoms with Crippen LogP contribution in [-0.2, 0) is 6.61 Å². The predicted octanol–water partition coefficient (Wildman–Crippen LogP) is 3.10. The van der Waals surface area contributed by atoms with Crippen molar-refractivity contribution in [2.45, 2.75) is 6.61 Å². The van der Waals surface area contributed by atoms with E-state index in [1.807, 2.05) is 6.07 Å². The molecule has 0 saturated heterocycles. The van der Waals surface area contributed by atoms with Gasteiger partial charge in [-0.3, -0.25) is 4.79 Å². The Bertz CT molecular complexity index is 707. The summed E-state index contributed by atoms with van der Waals surface area (Å²) in [5, 5.41) is 8.99. The summed E-state index contributed by atoms with van der Waals surface area (Å²) in [6, 6.07) is 10.6. The molecule has 0 amide bonds. The van der Waals surface area contributed by atoms with Crippen molar-refractivity contribution in [2.24, 2.45) is 0 Å². The number of hydrogen-bond acceptors (Lipinski definition) is 4. The van der Waals surface area contributed by atoms with Crippen molar-refractivity contribution in [3.8, 4) is 17.6 Å². The fourth-order valence-electron chi connectivity index (χ4n) is 1.83. The van der Waals surface area contributed by atoms with E-state index >= 15 is 0 Å². The SMILES string of the molecule is COc1ccc(C=O)cc1OCc1cc(F)ccc1C#N. The normalized spacial score (nSPS) is 9.76. The third-order valence-electron chi connectivity index (χ3n) is 2.89. The van der Waals surface area contributed by atoms with Gasteiger partial charge >= 0.3 is 0 Å². The zero-order chi connectivity index (χ0) is 15.2. The number of carbonyl (C=O) groups is 1. The summed E-state index contributed by atoms with van der Waals surface area (Å²) < 4.78 is 23.9. The summed E-state index contributed by atoms with van der Waals surface area (Å²) in [5.74, 6) is 0.368. The Morgan fingerprint density at radius 1 is 1.24 bits per heavy atom. The predicted molar refractivity (Wildman–Crippen MR) is 73.8 cm³/mol. The molecule has 0 spiro atoms. The number of aldehydes is 1. The highest BCUT2D eigenvalue weighted by atomic mass is 19.1. The molecule has 0 N–H and O–H groups in total. The third kappa shape index (κ3) is 3.37. The van der Waals surface area contributed by atoms with Crippen molar-refractivity contribution in [3.63, 3.8) is 0 Å². The van der Waals surface area contributed by atoms with Gasteiger partial charge < -0.3 is 9.47 Å². The molecule has 0 heterocycles. The molecule has 106 valence electrons. The molecule has 5 heteroatoms. The van der Waals surface area contributed by atoms with Crippen LogP contribution in [0.4, 0.5) is 4.39 Å². The van der Waals surface area contributed by atoms with Crippen LogP contribution in [0.2, 0.25) is 0 Å². The minimum Gasteiger partial charge on any atom is -0.493 e. The lowest BCUT2D eigenvalue weighted by Crippen LogP contribution is -2.01. The Morgan fingerprint density at radius 3 is 2.71 bits per heavy atom. The Kier molecular flexibility index (Phi) is 4.52. The van der Waals surface area contributed by atoms with Crippen LogP contribution in [0.3, 0.4) is 0 Å². The Hall–Kier alpha value is -2.87. The standard InChI is InChI=1S/C16H12FNO3/c1-20-15-5-2-11(9-19)6-16(15)21-10-13-7-14(17)4-3-12(13)8-18/h2-7,9H,10H2,1H3. The van der Waals surface area contributed by atoms with E-state index in [1.54, 1.807) is 12.1 Å². The van der Waals surface area contributed by atoms with E-state index in [0.29, 0.717) is 34.5 Å². The van der Waals surface area contributed by atoms with E-state index in [4.69, 9.17) is 14.7 Å². The van der Waals surface area contributed by atoms with Crippen molar-refractivity contribution in [1.82, 2.24) is 0 Å². The highest BCUT2D eigenvalue weighted by Gasteiger charge is 2.09. The smallest absolute Gasteiger partial charge is 0.162 e. The number of benzene rings is 2. The van der Waals surface area contributed by atoms with Crippen LogP contribution in [-0.4, -0.2) is 13.4 Å². The Morgan fingerprint density at radius 2 is 2.05 bits per heavy atom. The van der Waals surface area contributed by atoms with E-state index in [2.05, 4.69) is 0 Å². The number of carbonyl (C=O) groups excluding carboxylic acids is 1. The van der Waals surface area contributed by atoms with Crippen molar-refractivity contribution in [1.29, 1.82) is 5.26 Å². The topological polar surface area (TPSA) is 59.3 Å². The average Bonchev–Trinajstić information content (AvgIpc) is 2.52. The molecule has 0 unspecified atom stereocenters. The first-order chi connectivity index (χ1) is 10.2. The quantitative estimate of drug-likeness (QED) is 0.792. The van der Waals surface area contributed by atoms with Gasteiger partial charge in [-0.05, 0) is 36.4 Å². The van der Waals surface area contributed by atoms with Gasteiger partial charge in [0.15, 0.2) is 11.5 Å². The number of halogens is 1. The molecule has 2 aromatic rings. The maximum absolute atomic E-state index is 13.2. The van der Waals surface area contributed by atoms with Crippen molar-refractivity contribution < 1.29 is 18.7 Å². The molecule has 0 atom stereocenters. The molecule has 2 aromatic carbocycles. The minimum absolute atomic E-state index is 0.000671. The monoisotopic (exact) mass is 285 g/mol. The lowest BCUT2D eigenvalue weighted by Gasteiger charge is -2.12. The van der Waals surface area contributed by atoms with E-state index in [9.17, 15) is 9.18 Å². The first-order valence-electron chi connectivity index (χ1n) is 6.12. The van der Waals surface area contributed by atoms with Crippen LogP contribution in [0.1, 0.15) is 21.5 Å². The van der Waals surface area contributed by atoms with E-state index < -0.39 is 5.82 Å². The molecule has 0 aromatic heterocycles. The molecule has 21 heavy (non-hydrogen) atoms. The molecule has 4 nitrogen and oxygen atoms in total. The van der Waals surface area contributed by atoms with Gasteiger partial charge in [0.05, 0.1) is 18.7 Å². The Balaban J connectivity index is 2.26. The molecule has 0 fully saturated rings. The highest BCUT2D eigenvalue weighted by molar-refractivity contribution is 5.76. The van der Waals surface area contributed by atoms with Crippen LogP contribution in [0.5, 0.6) is 11.5 Å². The van der Waals surface area contributed by atoms with Crippen LogP contribution < -0.4 is 9.47 Å². The first-order valence-corrected chi connectivity index (χ1v) is 6.12. The number of nitriles is 1. The van der Waals surface area contributed by atoms with E-state index in [1.165, 1.54) is 31.4 Å². The van der Waals surface area contributed by atoms with Crippen LogP contribution >= 0.6 is 0 Å². The maximum atomic E-state index is 13.2. The zero-order valence-corrected chi connectivity index (χ0v) is 11.3. The number of hydrogen-bond donors (Lipinski definition) is 0. The molecule has 0 aliphatic carbocycles. The fourth-order valence-corrected chi connectivity index (χ4v) is 1.83. The van der Waals surface area contributed by atoms with Crippen molar-refractivity contribution in [2.75, 3.05) is 7.11 Å². The molecule has 0 saturated carbocycles. The molecular weight excluding hydrogens is 273 g/mol. The number of rotatable bonds is 5. The molecule has 0 aliphatic rings. The van der Waals surface area contributed by atoms with Gasteiger partial charge in [0.25, 0.3) is 0 Å². The summed E-state index contributed by atoms with van der Waals surface area (Å²) in [5.41, 5.74) is 1.20. The molecular formula is C16H12FNO3. The highest BCUT2D eigenvalue weighted by Crippen LogP contribution is 2.28. The maximum Gasteiger partial charge on any atom is 0.162 e. The molecule has 0 radical (unpaired) electrons. The molecule has 0 aliphatic heterocycles. The lowest BCUT2D eigenvalue weighted by atomic mass is 10.1. The van der Waals surface area contributed by atoms with Crippen molar-refractivity contribution in [3.05, 3.63) is 58.9 Å². The number of methoxy groups -OCH3 is 1. The second-order valence-corrected chi connectivity index (χ2v) is 4.23. The lowest BCUT2D eigenvalue weighted by molar-refractivity contribution is 0.112. The van der Waals surface area contributed by atoms with Gasteiger partial charge in [-0.1, -0.05) is 0 Å². The van der Waals surface area contributed by atoms with Gasteiger partial charge in [-0.25, -0.2) is 4.39 Å². The second kappa shape index (κ2) is 6.53. The van der Waals surface area contributed by atoms with Gasteiger partial charge in [-0.2, -0.15) is 5.26 Å². The first kappa shape index (κ1) is 14.5. The van der Waals surface area contributed by atoms with Gasteiger partial charge in [0, 0.05) is 11.1 Å². The minimum atomic E-state index is -0.443. The van der Waals surface area contributed by atoms with Gasteiger partial charge in [0.2, 0.25) is 0 Å². The zero-order valence-electron chi connectivity index (χ0n) is 11.3. The summed E-state index contributed by atoms with van der Waals surface area (Å²) in [6.07, 6.45) is 0.690. The van der Waals surface area contributed by atoms with Crippen molar-refractivity contribution >= 4 is 6.29 Å². The summed E-state index contributed by atoms with van der Waals surface area (Å²) >= 11 is 0. The van der Waals surface area contributed by atoms with Gasteiger partial charge in [0.1, 0.15) is 18.7 Å². The summed E-state index contributed by atoms with van der Waals surface area (Å²) in [7, 11) is 1.48. The number of nitrogens with zero attached hydrogens (tertiary/aromatic N) is 1. The fraction of sp³-hybridized carbons (Fsp3) is 0.125. The van der Waals surface area contributed by atoms with E-state index in [-0.39, 0.29) is 6.61 Å². The number of ether oxygens (including phenoxy) is 2. The van der Waals surface area contributed by atoms with Crippen LogP contribution in [0.25, 0.3) is 0 Å². The van der Waals surface area contributed by atoms with Crippen LogP contribution in [0.15, 0.2) is 36.4 Å². The molecule has 0 bridgehead atoms. The second-order valence-electron chi connectivity index (χ2n) is 4.23. The molecule has 2 rings (SSSR count). The average molecular weight is 285 g/mol.